The molecule has 0 aliphatic heterocycles. The van der Waals surface area contributed by atoms with Crippen LogP contribution in [0, 0.1) is 6.92 Å². The van der Waals surface area contributed by atoms with Crippen LogP contribution in [0.1, 0.15) is 22.8 Å². The largest absolute Gasteiger partial charge is 0.465 e. The molecule has 0 atom stereocenters. The molecule has 35 heavy (non-hydrogen) atoms. The standard InChI is InChI=1S/C26H22N4O5/c1-4-34-25-27-21-15(2)9-14-20(24(31)33-3)22(21)30(25)17-12-10-16(11-13-17)18-7-5-6-8-19(18)23-28-26(32)35-29-23/h5-14H,4H2,1-3H3,(H,28,29,32). The van der Waals surface area contributed by atoms with Gasteiger partial charge in [0.25, 0.3) is 0 Å². The van der Waals surface area contributed by atoms with Crippen molar-refractivity contribution in [3.05, 3.63) is 82.3 Å². The molecule has 9 heteroatoms. The number of aryl methyl sites for hydroxylation is 1. The molecule has 0 aliphatic carbocycles. The zero-order valence-electron chi connectivity index (χ0n) is 19.4. The molecule has 176 valence electrons. The Morgan fingerprint density at radius 1 is 1.03 bits per heavy atom. The summed E-state index contributed by atoms with van der Waals surface area (Å²) in [7, 11) is 1.35. The lowest BCUT2D eigenvalue weighted by Gasteiger charge is -2.13. The quantitative estimate of drug-likeness (QED) is 0.363. The summed E-state index contributed by atoms with van der Waals surface area (Å²) in [6.07, 6.45) is 0. The van der Waals surface area contributed by atoms with Crippen molar-refractivity contribution in [3.8, 4) is 34.2 Å². The zero-order chi connectivity index (χ0) is 24.5. The van der Waals surface area contributed by atoms with Gasteiger partial charge in [-0.3, -0.25) is 4.57 Å². The summed E-state index contributed by atoms with van der Waals surface area (Å²) in [5.74, 6) is -0.782. The van der Waals surface area contributed by atoms with Crippen LogP contribution in [-0.2, 0) is 4.74 Å². The van der Waals surface area contributed by atoms with Gasteiger partial charge in [0.2, 0.25) is 0 Å². The minimum atomic E-state index is -0.683. The molecule has 0 radical (unpaired) electrons. The fraction of sp³-hybridized carbons (Fsp3) is 0.154. The number of hydrogen-bond acceptors (Lipinski definition) is 7. The van der Waals surface area contributed by atoms with E-state index >= 15 is 0 Å². The molecule has 0 unspecified atom stereocenters. The van der Waals surface area contributed by atoms with Crippen LogP contribution in [0.2, 0.25) is 0 Å². The van der Waals surface area contributed by atoms with Crippen molar-refractivity contribution in [2.75, 3.05) is 13.7 Å². The van der Waals surface area contributed by atoms with Gasteiger partial charge in [0.05, 0.1) is 36.0 Å². The highest BCUT2D eigenvalue weighted by atomic mass is 16.5. The number of nitrogens with zero attached hydrogens (tertiary/aromatic N) is 3. The molecule has 0 spiro atoms. The Hall–Kier alpha value is -4.66. The predicted octanol–water partition coefficient (Wildman–Crippen LogP) is 4.53. The normalized spacial score (nSPS) is 11.1. The van der Waals surface area contributed by atoms with Crippen LogP contribution in [0.15, 0.2) is 70.0 Å². The molecule has 0 amide bonds. The second-order valence-electron chi connectivity index (χ2n) is 7.80. The number of ether oxygens (including phenoxy) is 2. The highest BCUT2D eigenvalue weighted by Crippen LogP contribution is 2.34. The van der Waals surface area contributed by atoms with E-state index in [0.717, 1.165) is 27.9 Å². The summed E-state index contributed by atoms with van der Waals surface area (Å²) >= 11 is 0. The Kier molecular flexibility index (Phi) is 5.66. The molecule has 0 bridgehead atoms. The summed E-state index contributed by atoms with van der Waals surface area (Å²) in [5, 5.41) is 2.56. The number of rotatable bonds is 6. The Morgan fingerprint density at radius 2 is 1.77 bits per heavy atom. The van der Waals surface area contributed by atoms with Gasteiger partial charge in [-0.25, -0.2) is 9.59 Å². The number of carbonyl (C=O) groups excluding carboxylic acids is 1. The Labute approximate surface area is 199 Å². The van der Waals surface area contributed by atoms with Gasteiger partial charge in [-0.1, -0.05) is 42.5 Å². The van der Waals surface area contributed by atoms with E-state index < -0.39 is 11.7 Å². The number of aromatic nitrogens is 4. The molecule has 0 aliphatic rings. The summed E-state index contributed by atoms with van der Waals surface area (Å²) in [5.41, 5.74) is 5.88. The highest BCUT2D eigenvalue weighted by Gasteiger charge is 2.22. The third kappa shape index (κ3) is 3.86. The first kappa shape index (κ1) is 22.1. The molecular weight excluding hydrogens is 448 g/mol. The molecule has 1 N–H and O–H groups in total. The van der Waals surface area contributed by atoms with Gasteiger partial charge in [-0.05, 0) is 48.7 Å². The van der Waals surface area contributed by atoms with Crippen LogP contribution >= 0.6 is 0 Å². The van der Waals surface area contributed by atoms with Crippen molar-refractivity contribution < 1.29 is 18.8 Å². The number of methoxy groups -OCH3 is 1. The maximum atomic E-state index is 12.6. The van der Waals surface area contributed by atoms with Gasteiger partial charge in [-0.2, -0.15) is 15.1 Å². The predicted molar refractivity (Wildman–Crippen MR) is 130 cm³/mol. The first-order valence-electron chi connectivity index (χ1n) is 11.0. The minimum Gasteiger partial charge on any atom is -0.465 e. The number of fused-ring (bicyclic) bond motifs is 1. The SMILES string of the molecule is CCOc1nc2c(C)ccc(C(=O)OC)c2n1-c1ccc(-c2ccccc2-c2nc(=O)o[nH]2)cc1. The van der Waals surface area contributed by atoms with E-state index in [4.69, 9.17) is 14.0 Å². The highest BCUT2D eigenvalue weighted by molar-refractivity contribution is 6.04. The van der Waals surface area contributed by atoms with Crippen molar-refractivity contribution in [2.45, 2.75) is 13.8 Å². The number of H-pyrrole nitrogens is 1. The van der Waals surface area contributed by atoms with Crippen LogP contribution in [0.25, 0.3) is 39.2 Å². The molecular formula is C26H22N4O5. The van der Waals surface area contributed by atoms with Crippen molar-refractivity contribution >= 4 is 17.0 Å². The number of carbonyl (C=O) groups is 1. The number of esters is 1. The van der Waals surface area contributed by atoms with Crippen LogP contribution in [0.5, 0.6) is 6.01 Å². The van der Waals surface area contributed by atoms with Crippen molar-refractivity contribution in [3.63, 3.8) is 0 Å². The number of imidazole rings is 1. The van der Waals surface area contributed by atoms with Gasteiger partial charge in [0, 0.05) is 5.56 Å². The Balaban J connectivity index is 1.67. The molecule has 0 fully saturated rings. The molecule has 0 saturated carbocycles. The lowest BCUT2D eigenvalue weighted by molar-refractivity contribution is 0.0602. The van der Waals surface area contributed by atoms with Crippen molar-refractivity contribution in [1.29, 1.82) is 0 Å². The van der Waals surface area contributed by atoms with E-state index in [9.17, 15) is 9.59 Å². The van der Waals surface area contributed by atoms with E-state index in [1.807, 2.05) is 73.0 Å². The van der Waals surface area contributed by atoms with E-state index in [0.29, 0.717) is 35.0 Å². The van der Waals surface area contributed by atoms with Gasteiger partial charge < -0.3 is 14.0 Å². The van der Waals surface area contributed by atoms with Gasteiger partial charge in [0.1, 0.15) is 0 Å². The summed E-state index contributed by atoms with van der Waals surface area (Å²) in [6, 6.07) is 19.3. The molecule has 9 nitrogen and oxygen atoms in total. The van der Waals surface area contributed by atoms with E-state index in [1.54, 1.807) is 6.07 Å². The fourth-order valence-electron chi connectivity index (χ4n) is 4.10. The zero-order valence-corrected chi connectivity index (χ0v) is 19.4. The minimum absolute atomic E-state index is 0.354. The van der Waals surface area contributed by atoms with E-state index in [2.05, 4.69) is 15.1 Å². The van der Waals surface area contributed by atoms with Crippen molar-refractivity contribution in [1.82, 2.24) is 19.7 Å². The second-order valence-corrected chi connectivity index (χ2v) is 7.80. The van der Waals surface area contributed by atoms with E-state index in [-0.39, 0.29) is 0 Å². The lowest BCUT2D eigenvalue weighted by Crippen LogP contribution is -2.07. The molecule has 2 aromatic heterocycles. The average molecular weight is 470 g/mol. The molecule has 5 rings (SSSR count). The van der Waals surface area contributed by atoms with E-state index in [1.165, 1.54) is 7.11 Å². The summed E-state index contributed by atoms with van der Waals surface area (Å²) < 4.78 is 17.4. The maximum Gasteiger partial charge on any atom is 0.460 e. The molecule has 5 aromatic rings. The van der Waals surface area contributed by atoms with Crippen LogP contribution < -0.4 is 10.5 Å². The Morgan fingerprint density at radius 3 is 2.43 bits per heavy atom. The van der Waals surface area contributed by atoms with Gasteiger partial charge in [-0.15, -0.1) is 0 Å². The first-order chi connectivity index (χ1) is 17.0. The monoisotopic (exact) mass is 470 g/mol. The maximum absolute atomic E-state index is 12.6. The number of benzene rings is 3. The molecule has 0 saturated heterocycles. The molecule has 3 aromatic carbocycles. The van der Waals surface area contributed by atoms with Crippen LogP contribution in [-0.4, -0.2) is 39.4 Å². The lowest BCUT2D eigenvalue weighted by atomic mass is 9.99. The third-order valence-electron chi connectivity index (χ3n) is 5.71. The fourth-order valence-corrected chi connectivity index (χ4v) is 4.10. The van der Waals surface area contributed by atoms with Gasteiger partial charge >= 0.3 is 17.7 Å². The average Bonchev–Trinajstić information content (AvgIpc) is 3.48. The third-order valence-corrected chi connectivity index (χ3v) is 5.71. The number of aromatic amines is 1. The van der Waals surface area contributed by atoms with Gasteiger partial charge in [0.15, 0.2) is 5.82 Å². The number of hydrogen-bond donors (Lipinski definition) is 1. The second kappa shape index (κ2) is 8.94. The van der Waals surface area contributed by atoms with Crippen LogP contribution in [0.4, 0.5) is 0 Å². The van der Waals surface area contributed by atoms with Crippen molar-refractivity contribution in [2.24, 2.45) is 0 Å². The topological polar surface area (TPSA) is 112 Å². The summed E-state index contributed by atoms with van der Waals surface area (Å²) in [4.78, 5) is 32.6. The molecule has 2 heterocycles. The smallest absolute Gasteiger partial charge is 0.460 e. The van der Waals surface area contributed by atoms with Crippen LogP contribution in [0.3, 0.4) is 0 Å². The Bertz CT molecular complexity index is 1590. The number of nitrogens with one attached hydrogen (secondary N) is 1. The first-order valence-corrected chi connectivity index (χ1v) is 11.0. The summed E-state index contributed by atoms with van der Waals surface area (Å²) in [6.45, 7) is 4.23.